The summed E-state index contributed by atoms with van der Waals surface area (Å²) in [6, 6.07) is 1.81. The van der Waals surface area contributed by atoms with E-state index in [0.29, 0.717) is 12.1 Å². The standard InChI is InChI=1S/C17H22N6O/c1-9-7-13(15-11(3)21-23(6)16(15)19-9)17(24)18-8-14-10(2)20-22(5)12(14)4/h7H,8H2,1-6H3,(H,18,24). The predicted octanol–water partition coefficient (Wildman–Crippen LogP) is 1.87. The van der Waals surface area contributed by atoms with Crippen LogP contribution < -0.4 is 5.32 Å². The average Bonchev–Trinajstić information content (AvgIpc) is 2.93. The van der Waals surface area contributed by atoms with E-state index < -0.39 is 0 Å². The fourth-order valence-electron chi connectivity index (χ4n) is 3.09. The van der Waals surface area contributed by atoms with Gasteiger partial charge in [0.05, 0.1) is 22.3 Å². The van der Waals surface area contributed by atoms with Gasteiger partial charge in [-0.15, -0.1) is 0 Å². The molecule has 3 heterocycles. The number of hydrogen-bond acceptors (Lipinski definition) is 4. The van der Waals surface area contributed by atoms with Crippen LogP contribution in [-0.4, -0.2) is 30.5 Å². The van der Waals surface area contributed by atoms with Crippen molar-refractivity contribution in [1.82, 2.24) is 29.9 Å². The molecule has 0 aromatic carbocycles. The normalized spacial score (nSPS) is 11.2. The lowest BCUT2D eigenvalue weighted by Crippen LogP contribution is -2.24. The Kier molecular flexibility index (Phi) is 3.87. The first-order valence-corrected chi connectivity index (χ1v) is 7.87. The Morgan fingerprint density at radius 3 is 2.38 bits per heavy atom. The number of fused-ring (bicyclic) bond motifs is 1. The summed E-state index contributed by atoms with van der Waals surface area (Å²) in [6.45, 7) is 8.18. The number of nitrogens with one attached hydrogen (secondary N) is 1. The molecule has 3 aromatic heterocycles. The SMILES string of the molecule is Cc1cc(C(=O)NCc2c(C)nn(C)c2C)c2c(C)nn(C)c2n1. The quantitative estimate of drug-likeness (QED) is 0.797. The van der Waals surface area contributed by atoms with E-state index >= 15 is 0 Å². The van der Waals surface area contributed by atoms with Crippen molar-refractivity contribution >= 4 is 16.9 Å². The number of carbonyl (C=O) groups excluding carboxylic acids is 1. The first-order chi connectivity index (χ1) is 11.3. The minimum Gasteiger partial charge on any atom is -0.348 e. The lowest BCUT2D eigenvalue weighted by molar-refractivity contribution is 0.0952. The predicted molar refractivity (Wildman–Crippen MR) is 91.8 cm³/mol. The summed E-state index contributed by atoms with van der Waals surface area (Å²) in [5.74, 6) is -0.121. The van der Waals surface area contributed by atoms with E-state index in [0.717, 1.165) is 39.4 Å². The van der Waals surface area contributed by atoms with Gasteiger partial charge < -0.3 is 5.32 Å². The Hall–Kier alpha value is -2.70. The highest BCUT2D eigenvalue weighted by Crippen LogP contribution is 2.22. The lowest BCUT2D eigenvalue weighted by atomic mass is 10.1. The Labute approximate surface area is 140 Å². The first kappa shape index (κ1) is 16.2. The molecule has 0 aliphatic rings. The van der Waals surface area contributed by atoms with Gasteiger partial charge in [-0.05, 0) is 33.8 Å². The van der Waals surface area contributed by atoms with E-state index in [1.165, 1.54) is 0 Å². The molecule has 0 atom stereocenters. The molecule has 0 saturated carbocycles. The van der Waals surface area contributed by atoms with Crippen LogP contribution in [0.1, 0.15) is 38.7 Å². The fraction of sp³-hybridized carbons (Fsp3) is 0.412. The molecule has 7 nitrogen and oxygen atoms in total. The number of carbonyl (C=O) groups is 1. The Bertz CT molecular complexity index is 950. The number of hydrogen-bond donors (Lipinski definition) is 1. The van der Waals surface area contributed by atoms with Crippen LogP contribution in [0.5, 0.6) is 0 Å². The van der Waals surface area contributed by atoms with Crippen LogP contribution >= 0.6 is 0 Å². The molecule has 1 N–H and O–H groups in total. The van der Waals surface area contributed by atoms with Crippen molar-refractivity contribution in [1.29, 1.82) is 0 Å². The molecule has 126 valence electrons. The van der Waals surface area contributed by atoms with E-state index in [9.17, 15) is 4.79 Å². The highest BCUT2D eigenvalue weighted by Gasteiger charge is 2.18. The van der Waals surface area contributed by atoms with Crippen LogP contribution in [-0.2, 0) is 20.6 Å². The smallest absolute Gasteiger partial charge is 0.252 e. The number of aryl methyl sites for hydroxylation is 5. The molecular weight excluding hydrogens is 304 g/mol. The van der Waals surface area contributed by atoms with Crippen LogP contribution in [0.3, 0.4) is 0 Å². The van der Waals surface area contributed by atoms with E-state index in [4.69, 9.17) is 0 Å². The number of nitrogens with zero attached hydrogens (tertiary/aromatic N) is 5. The second-order valence-corrected chi connectivity index (χ2v) is 6.17. The van der Waals surface area contributed by atoms with E-state index in [2.05, 4.69) is 20.5 Å². The summed E-state index contributed by atoms with van der Waals surface area (Å²) in [5.41, 5.74) is 5.98. The topological polar surface area (TPSA) is 77.6 Å². The molecule has 0 bridgehead atoms. The summed E-state index contributed by atoms with van der Waals surface area (Å²) in [5, 5.41) is 12.6. The van der Waals surface area contributed by atoms with Gasteiger partial charge in [0.2, 0.25) is 0 Å². The fourth-order valence-corrected chi connectivity index (χ4v) is 3.09. The third kappa shape index (κ3) is 2.55. The van der Waals surface area contributed by atoms with Gasteiger partial charge in [-0.1, -0.05) is 0 Å². The molecule has 0 radical (unpaired) electrons. The highest BCUT2D eigenvalue weighted by atomic mass is 16.1. The number of amides is 1. The Morgan fingerprint density at radius 1 is 1.08 bits per heavy atom. The summed E-state index contributed by atoms with van der Waals surface area (Å²) >= 11 is 0. The molecule has 3 aromatic rings. The van der Waals surface area contributed by atoms with Gasteiger partial charge in [0, 0.05) is 37.6 Å². The molecule has 0 saturated heterocycles. The highest BCUT2D eigenvalue weighted by molar-refractivity contribution is 6.06. The number of rotatable bonds is 3. The first-order valence-electron chi connectivity index (χ1n) is 7.87. The van der Waals surface area contributed by atoms with Crippen molar-refractivity contribution < 1.29 is 4.79 Å². The minimum absolute atomic E-state index is 0.121. The van der Waals surface area contributed by atoms with Crippen molar-refractivity contribution in [2.45, 2.75) is 34.2 Å². The van der Waals surface area contributed by atoms with Gasteiger partial charge in [0.25, 0.3) is 5.91 Å². The second kappa shape index (κ2) is 5.74. The Morgan fingerprint density at radius 2 is 1.75 bits per heavy atom. The van der Waals surface area contributed by atoms with Crippen LogP contribution in [0.15, 0.2) is 6.07 Å². The molecule has 3 rings (SSSR count). The summed E-state index contributed by atoms with van der Waals surface area (Å²) in [4.78, 5) is 17.3. The molecule has 0 unspecified atom stereocenters. The van der Waals surface area contributed by atoms with Crippen molar-refractivity contribution in [3.05, 3.63) is 40.0 Å². The van der Waals surface area contributed by atoms with Crippen LogP contribution in [0.4, 0.5) is 0 Å². The van der Waals surface area contributed by atoms with Gasteiger partial charge in [-0.2, -0.15) is 10.2 Å². The van der Waals surface area contributed by atoms with Crippen molar-refractivity contribution in [2.24, 2.45) is 14.1 Å². The maximum Gasteiger partial charge on any atom is 0.252 e. The number of aromatic nitrogens is 5. The summed E-state index contributed by atoms with van der Waals surface area (Å²) in [7, 11) is 3.74. The lowest BCUT2D eigenvalue weighted by Gasteiger charge is -2.08. The zero-order chi connectivity index (χ0) is 17.6. The molecular formula is C17H22N6O. The third-order valence-corrected chi connectivity index (χ3v) is 4.43. The van der Waals surface area contributed by atoms with Gasteiger partial charge in [0.15, 0.2) is 5.65 Å². The average molecular weight is 326 g/mol. The molecule has 1 amide bonds. The zero-order valence-corrected chi connectivity index (χ0v) is 14.9. The van der Waals surface area contributed by atoms with E-state index in [1.54, 1.807) is 4.68 Å². The van der Waals surface area contributed by atoms with Gasteiger partial charge >= 0.3 is 0 Å². The second-order valence-electron chi connectivity index (χ2n) is 6.17. The van der Waals surface area contributed by atoms with Gasteiger partial charge in [-0.25, -0.2) is 4.98 Å². The largest absolute Gasteiger partial charge is 0.348 e. The molecule has 0 aliphatic carbocycles. The van der Waals surface area contributed by atoms with Crippen LogP contribution in [0, 0.1) is 27.7 Å². The molecule has 0 aliphatic heterocycles. The Balaban J connectivity index is 1.94. The maximum absolute atomic E-state index is 12.8. The molecule has 0 fully saturated rings. The molecule has 0 spiro atoms. The zero-order valence-electron chi connectivity index (χ0n) is 14.9. The minimum atomic E-state index is -0.121. The van der Waals surface area contributed by atoms with Crippen LogP contribution in [0.25, 0.3) is 11.0 Å². The van der Waals surface area contributed by atoms with Crippen LogP contribution in [0.2, 0.25) is 0 Å². The summed E-state index contributed by atoms with van der Waals surface area (Å²) < 4.78 is 3.54. The third-order valence-electron chi connectivity index (χ3n) is 4.43. The van der Waals surface area contributed by atoms with Crippen molar-refractivity contribution in [2.75, 3.05) is 0 Å². The van der Waals surface area contributed by atoms with E-state index in [1.807, 2.05) is 52.5 Å². The van der Waals surface area contributed by atoms with Crippen molar-refractivity contribution in [3.8, 4) is 0 Å². The van der Waals surface area contributed by atoms with Crippen molar-refractivity contribution in [3.63, 3.8) is 0 Å². The van der Waals surface area contributed by atoms with E-state index in [-0.39, 0.29) is 5.91 Å². The molecule has 24 heavy (non-hydrogen) atoms. The monoisotopic (exact) mass is 326 g/mol. The summed E-state index contributed by atoms with van der Waals surface area (Å²) in [6.07, 6.45) is 0. The van der Waals surface area contributed by atoms with Gasteiger partial charge in [0.1, 0.15) is 0 Å². The van der Waals surface area contributed by atoms with Gasteiger partial charge in [-0.3, -0.25) is 14.2 Å². The molecule has 7 heteroatoms. The number of pyridine rings is 1. The maximum atomic E-state index is 12.8.